The van der Waals surface area contributed by atoms with Crippen LogP contribution in [0, 0.1) is 5.82 Å². The highest BCUT2D eigenvalue weighted by molar-refractivity contribution is 5.94. The summed E-state index contributed by atoms with van der Waals surface area (Å²) in [5, 5.41) is 0. The lowest BCUT2D eigenvalue weighted by Gasteiger charge is -2.26. The summed E-state index contributed by atoms with van der Waals surface area (Å²) in [6.45, 7) is 1.67. The van der Waals surface area contributed by atoms with E-state index in [-0.39, 0.29) is 11.7 Å². The molecule has 0 atom stereocenters. The van der Waals surface area contributed by atoms with Gasteiger partial charge in [0.2, 0.25) is 0 Å². The Morgan fingerprint density at radius 2 is 1.76 bits per heavy atom. The molecule has 4 heteroatoms. The number of amides is 1. The molecule has 1 aromatic carbocycles. The van der Waals surface area contributed by atoms with Gasteiger partial charge in [0, 0.05) is 30.4 Å². The van der Waals surface area contributed by atoms with Crippen LogP contribution in [0.1, 0.15) is 29.6 Å². The first kappa shape index (κ1) is 13.7. The van der Waals surface area contributed by atoms with Crippen molar-refractivity contribution in [2.24, 2.45) is 0 Å². The summed E-state index contributed by atoms with van der Waals surface area (Å²) < 4.78 is 13.7. The van der Waals surface area contributed by atoms with Crippen molar-refractivity contribution in [3.8, 4) is 11.1 Å². The van der Waals surface area contributed by atoms with Crippen LogP contribution < -0.4 is 0 Å². The van der Waals surface area contributed by atoms with Gasteiger partial charge < -0.3 is 4.90 Å². The fourth-order valence-corrected chi connectivity index (χ4v) is 2.68. The van der Waals surface area contributed by atoms with Crippen LogP contribution >= 0.6 is 0 Å². The van der Waals surface area contributed by atoms with E-state index in [1.807, 2.05) is 4.90 Å². The van der Waals surface area contributed by atoms with E-state index in [1.165, 1.54) is 12.6 Å². The van der Waals surface area contributed by atoms with E-state index in [0.29, 0.717) is 11.1 Å². The van der Waals surface area contributed by atoms with Gasteiger partial charge >= 0.3 is 0 Å². The van der Waals surface area contributed by atoms with Crippen LogP contribution in [0.4, 0.5) is 4.39 Å². The second kappa shape index (κ2) is 6.04. The van der Waals surface area contributed by atoms with Crippen molar-refractivity contribution in [1.29, 1.82) is 0 Å². The van der Waals surface area contributed by atoms with E-state index >= 15 is 0 Å². The Balaban J connectivity index is 1.81. The lowest BCUT2D eigenvalue weighted by atomic mass is 10.0. The summed E-state index contributed by atoms with van der Waals surface area (Å²) in [5.74, 6) is -0.288. The molecule has 0 N–H and O–H groups in total. The van der Waals surface area contributed by atoms with Crippen molar-refractivity contribution in [2.75, 3.05) is 13.1 Å². The molecule has 0 unspecified atom stereocenters. The lowest BCUT2D eigenvalue weighted by Crippen LogP contribution is -2.35. The number of carbonyl (C=O) groups is 1. The maximum Gasteiger partial charge on any atom is 0.253 e. The van der Waals surface area contributed by atoms with Gasteiger partial charge in [0.05, 0.1) is 6.20 Å². The zero-order valence-electron chi connectivity index (χ0n) is 11.8. The zero-order valence-corrected chi connectivity index (χ0v) is 11.8. The molecule has 1 aliphatic rings. The molecule has 0 bridgehead atoms. The molecule has 2 heterocycles. The van der Waals surface area contributed by atoms with Crippen LogP contribution in [0.15, 0.2) is 42.7 Å². The van der Waals surface area contributed by atoms with Crippen molar-refractivity contribution < 1.29 is 9.18 Å². The first-order valence-corrected chi connectivity index (χ1v) is 7.25. The molecular weight excluding hydrogens is 267 g/mol. The molecule has 0 saturated carbocycles. The molecule has 1 fully saturated rings. The van der Waals surface area contributed by atoms with E-state index in [9.17, 15) is 9.18 Å². The highest BCUT2D eigenvalue weighted by atomic mass is 19.1. The van der Waals surface area contributed by atoms with E-state index in [2.05, 4.69) is 4.98 Å². The summed E-state index contributed by atoms with van der Waals surface area (Å²) >= 11 is 0. The van der Waals surface area contributed by atoms with Gasteiger partial charge in [0.25, 0.3) is 5.91 Å². The fourth-order valence-electron chi connectivity index (χ4n) is 2.68. The van der Waals surface area contributed by atoms with Crippen molar-refractivity contribution >= 4 is 5.91 Å². The van der Waals surface area contributed by atoms with Crippen molar-refractivity contribution in [3.63, 3.8) is 0 Å². The van der Waals surface area contributed by atoms with Crippen LogP contribution in [0.2, 0.25) is 0 Å². The lowest BCUT2D eigenvalue weighted by molar-refractivity contribution is 0.0724. The highest BCUT2D eigenvalue weighted by Crippen LogP contribution is 2.23. The SMILES string of the molecule is O=C(c1ccc(-c2ccncc2F)cc1)N1CCCCC1. The topological polar surface area (TPSA) is 33.2 Å². The number of likely N-dealkylation sites (tertiary alicyclic amines) is 1. The van der Waals surface area contributed by atoms with Gasteiger partial charge in [-0.1, -0.05) is 12.1 Å². The molecule has 3 rings (SSSR count). The van der Waals surface area contributed by atoms with Crippen molar-refractivity contribution in [1.82, 2.24) is 9.88 Å². The predicted molar refractivity (Wildman–Crippen MR) is 79.4 cm³/mol. The van der Waals surface area contributed by atoms with Crippen molar-refractivity contribution in [2.45, 2.75) is 19.3 Å². The molecule has 1 aliphatic heterocycles. The molecule has 1 amide bonds. The zero-order chi connectivity index (χ0) is 14.7. The van der Waals surface area contributed by atoms with E-state index in [4.69, 9.17) is 0 Å². The minimum absolute atomic E-state index is 0.0662. The first-order valence-electron chi connectivity index (χ1n) is 7.25. The van der Waals surface area contributed by atoms with Gasteiger partial charge in [0.1, 0.15) is 5.82 Å². The van der Waals surface area contributed by atoms with Gasteiger partial charge in [-0.05, 0) is 43.0 Å². The van der Waals surface area contributed by atoms with Gasteiger partial charge in [0.15, 0.2) is 0 Å². The fraction of sp³-hybridized carbons (Fsp3) is 0.294. The van der Waals surface area contributed by atoms with E-state index in [0.717, 1.165) is 31.5 Å². The number of hydrogen-bond donors (Lipinski definition) is 0. The number of nitrogens with zero attached hydrogens (tertiary/aromatic N) is 2. The molecule has 1 saturated heterocycles. The first-order chi connectivity index (χ1) is 10.3. The third-order valence-corrected chi connectivity index (χ3v) is 3.86. The number of rotatable bonds is 2. The molecule has 3 nitrogen and oxygen atoms in total. The molecule has 2 aromatic rings. The molecule has 108 valence electrons. The largest absolute Gasteiger partial charge is 0.339 e. The average Bonchev–Trinajstić information content (AvgIpc) is 2.56. The molecular formula is C17H17FN2O. The number of benzene rings is 1. The molecule has 0 radical (unpaired) electrons. The van der Waals surface area contributed by atoms with Gasteiger partial charge in [-0.25, -0.2) is 4.39 Å². The maximum atomic E-state index is 13.7. The van der Waals surface area contributed by atoms with Crippen LogP contribution in [-0.2, 0) is 0 Å². The minimum atomic E-state index is -0.354. The van der Waals surface area contributed by atoms with Crippen LogP contribution in [0.5, 0.6) is 0 Å². The Labute approximate surface area is 123 Å². The molecule has 0 spiro atoms. The predicted octanol–water partition coefficient (Wildman–Crippen LogP) is 3.51. The number of piperidine rings is 1. The van der Waals surface area contributed by atoms with E-state index < -0.39 is 0 Å². The van der Waals surface area contributed by atoms with Crippen LogP contribution in [0.3, 0.4) is 0 Å². The van der Waals surface area contributed by atoms with E-state index in [1.54, 1.807) is 36.5 Å². The summed E-state index contributed by atoms with van der Waals surface area (Å²) in [4.78, 5) is 18.0. The summed E-state index contributed by atoms with van der Waals surface area (Å²) in [5.41, 5.74) is 1.92. The Bertz CT molecular complexity index is 633. The van der Waals surface area contributed by atoms with Crippen LogP contribution in [-0.4, -0.2) is 28.9 Å². The molecule has 21 heavy (non-hydrogen) atoms. The monoisotopic (exact) mass is 284 g/mol. The summed E-state index contributed by atoms with van der Waals surface area (Å²) in [7, 11) is 0. The summed E-state index contributed by atoms with van der Waals surface area (Å²) in [6, 6.07) is 8.75. The quantitative estimate of drug-likeness (QED) is 0.845. The number of pyridine rings is 1. The Hall–Kier alpha value is -2.23. The third kappa shape index (κ3) is 2.94. The number of halogens is 1. The highest BCUT2D eigenvalue weighted by Gasteiger charge is 2.18. The third-order valence-electron chi connectivity index (χ3n) is 3.86. The van der Waals surface area contributed by atoms with Crippen LogP contribution in [0.25, 0.3) is 11.1 Å². The minimum Gasteiger partial charge on any atom is -0.339 e. The van der Waals surface area contributed by atoms with Gasteiger partial charge in [-0.3, -0.25) is 9.78 Å². The van der Waals surface area contributed by atoms with Gasteiger partial charge in [-0.15, -0.1) is 0 Å². The smallest absolute Gasteiger partial charge is 0.253 e. The second-order valence-corrected chi connectivity index (χ2v) is 5.29. The Morgan fingerprint density at radius 1 is 1.05 bits per heavy atom. The number of aromatic nitrogens is 1. The Morgan fingerprint density at radius 3 is 2.43 bits per heavy atom. The summed E-state index contributed by atoms with van der Waals surface area (Å²) in [6.07, 6.45) is 6.11. The standard InChI is InChI=1S/C17H17FN2O/c18-16-12-19-9-8-15(16)13-4-6-14(7-5-13)17(21)20-10-2-1-3-11-20/h4-9,12H,1-3,10-11H2. The number of carbonyl (C=O) groups excluding carboxylic acids is 1. The van der Waals surface area contributed by atoms with Gasteiger partial charge in [-0.2, -0.15) is 0 Å². The second-order valence-electron chi connectivity index (χ2n) is 5.29. The molecule has 1 aromatic heterocycles. The Kier molecular flexibility index (Phi) is 3.95. The number of hydrogen-bond acceptors (Lipinski definition) is 2. The molecule has 0 aliphatic carbocycles. The maximum absolute atomic E-state index is 13.7. The average molecular weight is 284 g/mol. The normalized spacial score (nSPS) is 15.0. The van der Waals surface area contributed by atoms with Crippen molar-refractivity contribution in [3.05, 3.63) is 54.1 Å².